The lowest BCUT2D eigenvalue weighted by molar-refractivity contribution is -0.143. The first-order valence-electron chi connectivity index (χ1n) is 13.7. The van der Waals surface area contributed by atoms with Gasteiger partial charge < -0.3 is 19.1 Å². The number of rotatable bonds is 9. The summed E-state index contributed by atoms with van der Waals surface area (Å²) >= 11 is 6.46. The Bertz CT molecular complexity index is 1600. The Hall–Kier alpha value is -4.11. The normalized spacial score (nSPS) is 13.5. The van der Waals surface area contributed by atoms with Gasteiger partial charge in [0, 0.05) is 26.1 Å². The molecule has 4 aromatic rings. The molecule has 2 heterocycles. The van der Waals surface area contributed by atoms with Gasteiger partial charge in [-0.05, 0) is 72.9 Å². The van der Waals surface area contributed by atoms with Gasteiger partial charge in [-0.2, -0.15) is 0 Å². The third-order valence-corrected chi connectivity index (χ3v) is 7.75. The van der Waals surface area contributed by atoms with Crippen molar-refractivity contribution in [2.75, 3.05) is 26.9 Å². The molecule has 214 valence electrons. The van der Waals surface area contributed by atoms with Crippen LogP contribution >= 0.6 is 11.6 Å². The number of halogens is 1. The first-order chi connectivity index (χ1) is 19.8. The second-order valence-corrected chi connectivity index (χ2v) is 10.3. The van der Waals surface area contributed by atoms with Crippen molar-refractivity contribution in [3.05, 3.63) is 81.4 Å². The Morgan fingerprint density at radius 2 is 1.93 bits per heavy atom. The summed E-state index contributed by atoms with van der Waals surface area (Å²) in [5.41, 5.74) is 5.97. The van der Waals surface area contributed by atoms with E-state index in [-0.39, 0.29) is 24.2 Å². The van der Waals surface area contributed by atoms with Gasteiger partial charge in [0.25, 0.3) is 5.91 Å². The van der Waals surface area contributed by atoms with E-state index in [0.29, 0.717) is 60.3 Å². The highest BCUT2D eigenvalue weighted by atomic mass is 35.5. The van der Waals surface area contributed by atoms with E-state index < -0.39 is 0 Å². The molecule has 0 radical (unpaired) electrons. The first kappa shape index (κ1) is 28.4. The second-order valence-electron chi connectivity index (χ2n) is 9.90. The van der Waals surface area contributed by atoms with Crippen molar-refractivity contribution in [1.82, 2.24) is 19.9 Å². The first-order valence-corrected chi connectivity index (χ1v) is 14.1. The molecule has 0 spiro atoms. The summed E-state index contributed by atoms with van der Waals surface area (Å²) in [5.74, 6) is 0.549. The lowest BCUT2D eigenvalue weighted by Crippen LogP contribution is -2.36. The molecular weight excluding hydrogens is 544 g/mol. The maximum absolute atomic E-state index is 13.5. The number of hydrogen-bond acceptors (Lipinski definition) is 7. The predicted molar refractivity (Wildman–Crippen MR) is 156 cm³/mol. The van der Waals surface area contributed by atoms with Crippen LogP contribution in [0, 0.1) is 0 Å². The third kappa shape index (κ3) is 5.72. The molecule has 0 bridgehead atoms. The van der Waals surface area contributed by atoms with Crippen molar-refractivity contribution in [3.63, 3.8) is 0 Å². The van der Waals surface area contributed by atoms with Crippen molar-refractivity contribution in [1.29, 1.82) is 0 Å². The number of nitrogens with zero attached hydrogens (tertiary/aromatic N) is 4. The van der Waals surface area contributed by atoms with Gasteiger partial charge in [0.2, 0.25) is 0 Å². The number of aryl methyl sites for hydroxylation is 1. The number of amides is 1. The van der Waals surface area contributed by atoms with Crippen molar-refractivity contribution < 1.29 is 23.8 Å². The number of carbonyl (C=O) groups excluding carboxylic acids is 2. The number of benzene rings is 3. The summed E-state index contributed by atoms with van der Waals surface area (Å²) in [4.78, 5) is 28.1. The standard InChI is InChI=1S/C31H33ClN4O5/c1-5-40-21-10-11-24(26(32)16-21)31(38)36-13-12-22-19(18-36)8-7-9-23(22)25(17-29(37)41-6-2)20-14-27-30(28(15-20)39-4)35(3)34-33-27/h7-11,14-16,25H,5-6,12-13,17-18H2,1-4H3/t25-/m1/s1. The van der Waals surface area contributed by atoms with Crippen LogP contribution in [0.25, 0.3) is 11.0 Å². The van der Waals surface area contributed by atoms with Crippen LogP contribution in [-0.4, -0.2) is 58.6 Å². The number of hydrogen-bond donors (Lipinski definition) is 0. The van der Waals surface area contributed by atoms with E-state index >= 15 is 0 Å². The van der Waals surface area contributed by atoms with Crippen LogP contribution in [0.3, 0.4) is 0 Å². The van der Waals surface area contributed by atoms with Gasteiger partial charge >= 0.3 is 5.97 Å². The Balaban J connectivity index is 1.50. The number of esters is 1. The fourth-order valence-electron chi connectivity index (χ4n) is 5.56. The van der Waals surface area contributed by atoms with E-state index in [1.54, 1.807) is 36.9 Å². The molecule has 0 unspecified atom stereocenters. The van der Waals surface area contributed by atoms with Crippen LogP contribution in [0.4, 0.5) is 0 Å². The van der Waals surface area contributed by atoms with E-state index in [1.807, 2.05) is 43.1 Å². The second kappa shape index (κ2) is 12.2. The van der Waals surface area contributed by atoms with Crippen LogP contribution in [0.2, 0.25) is 5.02 Å². The predicted octanol–water partition coefficient (Wildman–Crippen LogP) is 5.31. The van der Waals surface area contributed by atoms with E-state index in [0.717, 1.165) is 27.8 Å². The average molecular weight is 577 g/mol. The van der Waals surface area contributed by atoms with Crippen molar-refractivity contribution in [3.8, 4) is 11.5 Å². The van der Waals surface area contributed by atoms with Crippen molar-refractivity contribution in [2.24, 2.45) is 7.05 Å². The van der Waals surface area contributed by atoms with E-state index in [2.05, 4.69) is 16.4 Å². The molecule has 10 heteroatoms. The molecule has 1 aliphatic rings. The summed E-state index contributed by atoms with van der Waals surface area (Å²) in [6, 6.07) is 15.1. The third-order valence-electron chi connectivity index (χ3n) is 7.43. The van der Waals surface area contributed by atoms with Crippen LogP contribution in [-0.2, 0) is 29.5 Å². The van der Waals surface area contributed by atoms with Crippen LogP contribution in [0.1, 0.15) is 58.8 Å². The zero-order valence-corrected chi connectivity index (χ0v) is 24.4. The zero-order chi connectivity index (χ0) is 29.1. The molecule has 9 nitrogen and oxygen atoms in total. The van der Waals surface area contributed by atoms with Gasteiger partial charge in [-0.15, -0.1) is 5.10 Å². The molecule has 1 atom stereocenters. The number of methoxy groups -OCH3 is 1. The fraction of sp³-hybridized carbons (Fsp3) is 0.355. The van der Waals surface area contributed by atoms with Crippen molar-refractivity contribution in [2.45, 2.75) is 39.2 Å². The fourth-order valence-corrected chi connectivity index (χ4v) is 5.81. The van der Waals surface area contributed by atoms with Gasteiger partial charge in [-0.3, -0.25) is 9.59 Å². The molecule has 5 rings (SSSR count). The maximum atomic E-state index is 13.5. The summed E-state index contributed by atoms with van der Waals surface area (Å²) < 4.78 is 18.2. The summed E-state index contributed by atoms with van der Waals surface area (Å²) in [7, 11) is 3.42. The highest BCUT2D eigenvalue weighted by Crippen LogP contribution is 2.38. The average Bonchev–Trinajstić information content (AvgIpc) is 3.35. The molecule has 0 saturated carbocycles. The quantitative estimate of drug-likeness (QED) is 0.249. The highest BCUT2D eigenvalue weighted by molar-refractivity contribution is 6.34. The van der Waals surface area contributed by atoms with E-state index in [9.17, 15) is 9.59 Å². The summed E-state index contributed by atoms with van der Waals surface area (Å²) in [5, 5.41) is 8.81. The smallest absolute Gasteiger partial charge is 0.306 e. The van der Waals surface area contributed by atoms with Gasteiger partial charge in [0.05, 0.1) is 37.3 Å². The Morgan fingerprint density at radius 1 is 1.10 bits per heavy atom. The zero-order valence-electron chi connectivity index (χ0n) is 23.6. The Morgan fingerprint density at radius 3 is 2.66 bits per heavy atom. The van der Waals surface area contributed by atoms with Crippen molar-refractivity contribution >= 4 is 34.5 Å². The minimum Gasteiger partial charge on any atom is -0.494 e. The highest BCUT2D eigenvalue weighted by Gasteiger charge is 2.29. The van der Waals surface area contributed by atoms with E-state index in [1.165, 1.54) is 0 Å². The van der Waals surface area contributed by atoms with Crippen LogP contribution in [0.15, 0.2) is 48.5 Å². The monoisotopic (exact) mass is 576 g/mol. The minimum atomic E-state index is -0.299. The number of carbonyl (C=O) groups is 2. The summed E-state index contributed by atoms with van der Waals surface area (Å²) in [6.45, 7) is 5.47. The topological polar surface area (TPSA) is 95.8 Å². The van der Waals surface area contributed by atoms with Crippen LogP contribution < -0.4 is 9.47 Å². The maximum Gasteiger partial charge on any atom is 0.306 e. The number of aromatic nitrogens is 3. The molecule has 0 aliphatic carbocycles. The minimum absolute atomic E-state index is 0.130. The number of fused-ring (bicyclic) bond motifs is 2. The SMILES string of the molecule is CCOC(=O)C[C@H](c1cc(OC)c2c(c1)nnn2C)c1cccc2c1CCN(C(=O)c1ccc(OCC)cc1Cl)C2. The van der Waals surface area contributed by atoms with E-state index in [4.69, 9.17) is 25.8 Å². The number of ether oxygens (including phenoxy) is 3. The molecule has 0 saturated heterocycles. The molecular formula is C31H33ClN4O5. The van der Waals surface area contributed by atoms with Gasteiger partial charge in [0.1, 0.15) is 22.5 Å². The Labute approximate surface area is 243 Å². The lowest BCUT2D eigenvalue weighted by Gasteiger charge is -2.32. The largest absolute Gasteiger partial charge is 0.494 e. The molecule has 3 aromatic carbocycles. The molecule has 0 N–H and O–H groups in total. The molecule has 0 fully saturated rings. The van der Waals surface area contributed by atoms with Gasteiger partial charge in [-0.25, -0.2) is 4.68 Å². The molecule has 1 aliphatic heterocycles. The van der Waals surface area contributed by atoms with Gasteiger partial charge in [0.15, 0.2) is 0 Å². The molecule has 1 amide bonds. The Kier molecular flexibility index (Phi) is 8.44. The van der Waals surface area contributed by atoms with Crippen LogP contribution in [0.5, 0.6) is 11.5 Å². The van der Waals surface area contributed by atoms with Gasteiger partial charge in [-0.1, -0.05) is 35.0 Å². The molecule has 41 heavy (non-hydrogen) atoms. The summed E-state index contributed by atoms with van der Waals surface area (Å²) in [6.07, 6.45) is 0.791. The molecule has 1 aromatic heterocycles. The lowest BCUT2D eigenvalue weighted by atomic mass is 9.82.